The molecular weight excluding hydrogens is 364 g/mol. The number of aromatic amines is 1. The van der Waals surface area contributed by atoms with Gasteiger partial charge in [0, 0.05) is 20.8 Å². The molecule has 0 aliphatic heterocycles. The highest BCUT2D eigenvalue weighted by Crippen LogP contribution is 2.28. The number of nitrogen functional groups attached to an aromatic ring is 2. The van der Waals surface area contributed by atoms with Crippen molar-refractivity contribution < 1.29 is 0 Å². The molecule has 0 saturated heterocycles. The fourth-order valence-corrected chi connectivity index (χ4v) is 3.66. The maximum absolute atomic E-state index is 12.0. The summed E-state index contributed by atoms with van der Waals surface area (Å²) in [6.07, 6.45) is 0. The van der Waals surface area contributed by atoms with Gasteiger partial charge in [0.15, 0.2) is 0 Å². The molecule has 1 heterocycles. The minimum atomic E-state index is -0.275. The van der Waals surface area contributed by atoms with Crippen LogP contribution in [0.25, 0.3) is 10.9 Å². The number of nitrogens with one attached hydrogen (secondary N) is 1. The number of hydrogen-bond acceptors (Lipinski definition) is 5. The summed E-state index contributed by atoms with van der Waals surface area (Å²) in [7, 11) is 0. The lowest BCUT2D eigenvalue weighted by Gasteiger charge is -2.08. The second kappa shape index (κ2) is 6.02. The third-order valence-corrected chi connectivity index (χ3v) is 4.66. The lowest BCUT2D eigenvalue weighted by atomic mass is 10.1. The van der Waals surface area contributed by atoms with Crippen LogP contribution < -0.4 is 17.0 Å². The lowest BCUT2D eigenvalue weighted by Crippen LogP contribution is -2.12. The van der Waals surface area contributed by atoms with Gasteiger partial charge in [-0.2, -0.15) is 0 Å². The van der Waals surface area contributed by atoms with Gasteiger partial charge in [0.2, 0.25) is 5.95 Å². The third kappa shape index (κ3) is 3.10. The zero-order valence-corrected chi connectivity index (χ0v) is 13.9. The monoisotopic (exact) mass is 376 g/mol. The molecule has 0 amide bonds. The van der Waals surface area contributed by atoms with Gasteiger partial charge in [0.25, 0.3) is 5.56 Å². The second-order valence-corrected chi connectivity index (χ2v) is 6.74. The van der Waals surface area contributed by atoms with E-state index in [0.29, 0.717) is 22.3 Å². The van der Waals surface area contributed by atoms with Crippen LogP contribution in [-0.2, 0) is 5.75 Å². The molecule has 0 atom stereocenters. The summed E-state index contributed by atoms with van der Waals surface area (Å²) in [5, 5.41) is 0.457. The van der Waals surface area contributed by atoms with Crippen LogP contribution in [0.1, 0.15) is 5.56 Å². The largest absolute Gasteiger partial charge is 0.399 e. The van der Waals surface area contributed by atoms with Gasteiger partial charge >= 0.3 is 0 Å². The van der Waals surface area contributed by atoms with Crippen molar-refractivity contribution in [1.82, 2.24) is 9.97 Å². The lowest BCUT2D eigenvalue weighted by molar-refractivity contribution is 1.18. The van der Waals surface area contributed by atoms with Crippen molar-refractivity contribution in [2.45, 2.75) is 10.6 Å². The van der Waals surface area contributed by atoms with E-state index in [4.69, 9.17) is 11.5 Å². The van der Waals surface area contributed by atoms with Crippen LogP contribution in [0.15, 0.2) is 50.6 Å². The minimum Gasteiger partial charge on any atom is -0.399 e. The Morgan fingerprint density at radius 2 is 2.05 bits per heavy atom. The Bertz CT molecular complexity index is 910. The average molecular weight is 377 g/mol. The number of benzene rings is 2. The molecule has 5 N–H and O–H groups in total. The first-order valence-electron chi connectivity index (χ1n) is 6.49. The summed E-state index contributed by atoms with van der Waals surface area (Å²) in [4.78, 5) is 19.8. The summed E-state index contributed by atoms with van der Waals surface area (Å²) in [5.74, 6) is 0.754. The molecule has 3 aromatic rings. The molecule has 7 heteroatoms. The summed E-state index contributed by atoms with van der Waals surface area (Å²) >= 11 is 5.10. The molecule has 22 heavy (non-hydrogen) atoms. The molecule has 0 aliphatic carbocycles. The van der Waals surface area contributed by atoms with Crippen LogP contribution in [0.5, 0.6) is 0 Å². The minimum absolute atomic E-state index is 0.107. The van der Waals surface area contributed by atoms with E-state index in [-0.39, 0.29) is 11.5 Å². The summed E-state index contributed by atoms with van der Waals surface area (Å²) < 4.78 is 1.02. The van der Waals surface area contributed by atoms with Crippen LogP contribution in [0, 0.1) is 0 Å². The molecule has 112 valence electrons. The Morgan fingerprint density at radius 3 is 2.82 bits per heavy atom. The predicted molar refractivity (Wildman–Crippen MR) is 94.9 cm³/mol. The van der Waals surface area contributed by atoms with Crippen molar-refractivity contribution in [1.29, 1.82) is 0 Å². The van der Waals surface area contributed by atoms with E-state index >= 15 is 0 Å². The highest BCUT2D eigenvalue weighted by Gasteiger charge is 2.09. The van der Waals surface area contributed by atoms with Crippen molar-refractivity contribution in [2.75, 3.05) is 11.5 Å². The first kappa shape index (κ1) is 14.9. The predicted octanol–water partition coefficient (Wildman–Crippen LogP) is 3.14. The summed E-state index contributed by atoms with van der Waals surface area (Å²) in [6, 6.07) is 11.5. The Hall–Kier alpha value is -1.99. The van der Waals surface area contributed by atoms with Crippen LogP contribution in [0.3, 0.4) is 0 Å². The highest BCUT2D eigenvalue weighted by molar-refractivity contribution is 9.10. The number of H-pyrrole nitrogens is 1. The van der Waals surface area contributed by atoms with E-state index in [1.165, 1.54) is 0 Å². The molecule has 0 fully saturated rings. The molecule has 0 radical (unpaired) electrons. The van der Waals surface area contributed by atoms with Gasteiger partial charge < -0.3 is 11.5 Å². The maximum atomic E-state index is 12.0. The van der Waals surface area contributed by atoms with Crippen molar-refractivity contribution in [3.05, 3.63) is 56.8 Å². The standard InChI is InChI=1S/C15H13BrN4OS/c16-9-2-1-3-11(5-9)22-7-8-4-10(17)6-12-13(8)19-15(18)20-14(12)21/h1-6H,7,17H2,(H3,18,19,20,21). The number of aromatic nitrogens is 2. The first-order chi connectivity index (χ1) is 10.5. The Labute approximate surface area is 139 Å². The molecule has 0 spiro atoms. The van der Waals surface area contributed by atoms with Gasteiger partial charge in [0.1, 0.15) is 0 Å². The Morgan fingerprint density at radius 1 is 1.23 bits per heavy atom. The SMILES string of the molecule is Nc1cc(CSc2cccc(Br)c2)c2nc(N)[nH]c(=O)c2c1. The van der Waals surface area contributed by atoms with Crippen molar-refractivity contribution in [3.8, 4) is 0 Å². The van der Waals surface area contributed by atoms with Crippen molar-refractivity contribution in [2.24, 2.45) is 0 Å². The van der Waals surface area contributed by atoms with E-state index in [1.807, 2.05) is 30.3 Å². The van der Waals surface area contributed by atoms with Gasteiger partial charge in [-0.15, -0.1) is 11.8 Å². The van der Waals surface area contributed by atoms with E-state index < -0.39 is 0 Å². The topological polar surface area (TPSA) is 97.8 Å². The average Bonchev–Trinajstić information content (AvgIpc) is 2.46. The number of fused-ring (bicyclic) bond motifs is 1. The van der Waals surface area contributed by atoms with Gasteiger partial charge in [-0.25, -0.2) is 4.98 Å². The molecule has 3 rings (SSSR count). The molecule has 2 aromatic carbocycles. The fourth-order valence-electron chi connectivity index (χ4n) is 2.18. The number of rotatable bonds is 3. The van der Waals surface area contributed by atoms with Crippen LogP contribution in [-0.4, -0.2) is 9.97 Å². The van der Waals surface area contributed by atoms with Crippen LogP contribution in [0.4, 0.5) is 11.6 Å². The molecule has 5 nitrogen and oxygen atoms in total. The number of thioether (sulfide) groups is 1. The van der Waals surface area contributed by atoms with E-state index in [9.17, 15) is 4.79 Å². The molecular formula is C15H13BrN4OS. The number of halogens is 1. The number of nitrogens with zero attached hydrogens (tertiary/aromatic N) is 1. The Balaban J connectivity index is 2.01. The zero-order valence-electron chi connectivity index (χ0n) is 11.5. The van der Waals surface area contributed by atoms with Gasteiger partial charge in [-0.05, 0) is 35.9 Å². The number of hydrogen-bond donors (Lipinski definition) is 3. The summed E-state index contributed by atoms with van der Waals surface area (Å²) in [5.41, 5.74) is 13.3. The van der Waals surface area contributed by atoms with Crippen LogP contribution >= 0.6 is 27.7 Å². The van der Waals surface area contributed by atoms with Crippen LogP contribution in [0.2, 0.25) is 0 Å². The van der Waals surface area contributed by atoms with Gasteiger partial charge in [-0.3, -0.25) is 9.78 Å². The highest BCUT2D eigenvalue weighted by atomic mass is 79.9. The quantitative estimate of drug-likeness (QED) is 0.481. The van der Waals surface area contributed by atoms with Gasteiger partial charge in [-0.1, -0.05) is 22.0 Å². The van der Waals surface area contributed by atoms with E-state index in [2.05, 4.69) is 25.9 Å². The molecule has 0 bridgehead atoms. The smallest absolute Gasteiger partial charge is 0.260 e. The summed E-state index contributed by atoms with van der Waals surface area (Å²) in [6.45, 7) is 0. The molecule has 0 saturated carbocycles. The first-order valence-corrected chi connectivity index (χ1v) is 8.27. The number of anilines is 2. The molecule has 1 aromatic heterocycles. The third-order valence-electron chi connectivity index (χ3n) is 3.12. The fraction of sp³-hybridized carbons (Fsp3) is 0.0667. The normalized spacial score (nSPS) is 11.0. The zero-order chi connectivity index (χ0) is 15.7. The molecule has 0 aliphatic rings. The molecule has 0 unspecified atom stereocenters. The Kier molecular flexibility index (Phi) is 4.08. The van der Waals surface area contributed by atoms with E-state index in [0.717, 1.165) is 14.9 Å². The number of nitrogens with two attached hydrogens (primary N) is 2. The van der Waals surface area contributed by atoms with Crippen molar-refractivity contribution in [3.63, 3.8) is 0 Å². The van der Waals surface area contributed by atoms with E-state index in [1.54, 1.807) is 17.8 Å². The van der Waals surface area contributed by atoms with Gasteiger partial charge in [0.05, 0.1) is 10.9 Å². The maximum Gasteiger partial charge on any atom is 0.260 e. The van der Waals surface area contributed by atoms with Crippen molar-refractivity contribution >= 4 is 50.2 Å². The second-order valence-electron chi connectivity index (χ2n) is 4.77.